The smallest absolute Gasteiger partial charge is 0.236 e. The van der Waals surface area contributed by atoms with E-state index in [2.05, 4.69) is 47.0 Å². The van der Waals surface area contributed by atoms with Gasteiger partial charge in [-0.25, -0.2) is 0 Å². The summed E-state index contributed by atoms with van der Waals surface area (Å²) in [5.41, 5.74) is 3.96. The van der Waals surface area contributed by atoms with E-state index in [0.717, 1.165) is 42.0 Å². The van der Waals surface area contributed by atoms with Gasteiger partial charge in [0, 0.05) is 37.3 Å². The summed E-state index contributed by atoms with van der Waals surface area (Å²) in [5, 5.41) is 7.47. The first-order chi connectivity index (χ1) is 14.4. The Balaban J connectivity index is 1.60. The third-order valence-corrected chi connectivity index (χ3v) is 6.52. The van der Waals surface area contributed by atoms with Crippen molar-refractivity contribution in [1.82, 2.24) is 10.6 Å². The van der Waals surface area contributed by atoms with E-state index in [4.69, 9.17) is 4.74 Å². The number of benzene rings is 2. The van der Waals surface area contributed by atoms with Crippen molar-refractivity contribution in [3.05, 3.63) is 59.2 Å². The van der Waals surface area contributed by atoms with Crippen LogP contribution < -0.4 is 20.3 Å². The topological polar surface area (TPSA) is 53.6 Å². The molecule has 0 aliphatic carbocycles. The highest BCUT2D eigenvalue weighted by Gasteiger charge is 2.43. The van der Waals surface area contributed by atoms with Crippen LogP contribution in [0.2, 0.25) is 0 Å². The van der Waals surface area contributed by atoms with E-state index in [9.17, 15) is 4.79 Å². The number of anilines is 1. The molecule has 2 heterocycles. The quantitative estimate of drug-likeness (QED) is 0.762. The minimum atomic E-state index is -0.511. The Hall–Kier alpha value is -2.37. The van der Waals surface area contributed by atoms with Crippen LogP contribution in [-0.4, -0.2) is 32.1 Å². The maximum Gasteiger partial charge on any atom is 0.236 e. The van der Waals surface area contributed by atoms with E-state index in [1.54, 1.807) is 4.90 Å². The van der Waals surface area contributed by atoms with Gasteiger partial charge in [0.15, 0.2) is 0 Å². The highest BCUT2D eigenvalue weighted by atomic mass is 16.5. The van der Waals surface area contributed by atoms with Gasteiger partial charge in [-0.05, 0) is 57.4 Å². The second kappa shape index (κ2) is 8.40. The Kier molecular flexibility index (Phi) is 5.85. The van der Waals surface area contributed by atoms with E-state index in [-0.39, 0.29) is 5.91 Å². The van der Waals surface area contributed by atoms with Crippen molar-refractivity contribution in [1.29, 1.82) is 0 Å². The standard InChI is InChI=1S/C25H33N3O2/c1-5-30-22-15-21-19(25(2,3)24(29)28(21)4)14-18(22)16-27-20-12-9-13-26-23(20)17-10-7-6-8-11-17/h6-8,10-11,14-15,20,23,26-27H,5,9,12-13,16H2,1-4H3/t20-,23-/m0/s1. The predicted octanol–water partition coefficient (Wildman–Crippen LogP) is 3.92. The Morgan fingerprint density at radius 2 is 2.00 bits per heavy atom. The Labute approximate surface area is 179 Å². The average molecular weight is 408 g/mol. The van der Waals surface area contributed by atoms with Crippen molar-refractivity contribution in [2.45, 2.75) is 57.7 Å². The second-order valence-corrected chi connectivity index (χ2v) is 8.87. The summed E-state index contributed by atoms with van der Waals surface area (Å²) in [6, 6.07) is 15.5. The normalized spacial score (nSPS) is 22.8. The molecular weight excluding hydrogens is 374 g/mol. The molecular formula is C25H33N3O2. The van der Waals surface area contributed by atoms with Gasteiger partial charge in [0.2, 0.25) is 5.91 Å². The number of nitrogens with zero attached hydrogens (tertiary/aromatic N) is 1. The van der Waals surface area contributed by atoms with E-state index in [0.29, 0.717) is 25.2 Å². The minimum Gasteiger partial charge on any atom is -0.493 e. The van der Waals surface area contributed by atoms with E-state index < -0.39 is 5.41 Å². The lowest BCUT2D eigenvalue weighted by atomic mass is 9.85. The molecule has 4 rings (SSSR count). The van der Waals surface area contributed by atoms with Gasteiger partial charge in [0.1, 0.15) is 5.75 Å². The number of hydrogen-bond donors (Lipinski definition) is 2. The highest BCUT2D eigenvalue weighted by Crippen LogP contribution is 2.44. The molecule has 5 heteroatoms. The molecule has 0 aromatic heterocycles. The van der Waals surface area contributed by atoms with Crippen LogP contribution in [0.15, 0.2) is 42.5 Å². The fourth-order valence-electron chi connectivity index (χ4n) is 4.82. The number of nitrogens with one attached hydrogen (secondary N) is 2. The third kappa shape index (κ3) is 3.72. The first kappa shape index (κ1) is 20.9. The molecule has 2 aromatic carbocycles. The van der Waals surface area contributed by atoms with Crippen LogP contribution in [0, 0.1) is 0 Å². The molecule has 2 aromatic rings. The molecule has 2 atom stereocenters. The maximum atomic E-state index is 12.7. The summed E-state index contributed by atoms with van der Waals surface area (Å²) in [6.07, 6.45) is 2.30. The summed E-state index contributed by atoms with van der Waals surface area (Å²) < 4.78 is 5.97. The lowest BCUT2D eigenvalue weighted by Crippen LogP contribution is -2.45. The van der Waals surface area contributed by atoms with Gasteiger partial charge < -0.3 is 20.3 Å². The number of rotatable bonds is 6. The van der Waals surface area contributed by atoms with Gasteiger partial charge in [0.05, 0.1) is 17.7 Å². The van der Waals surface area contributed by atoms with Gasteiger partial charge in [0.25, 0.3) is 0 Å². The molecule has 0 radical (unpaired) electrons. The monoisotopic (exact) mass is 407 g/mol. The molecule has 30 heavy (non-hydrogen) atoms. The van der Waals surface area contributed by atoms with Crippen molar-refractivity contribution in [2.24, 2.45) is 0 Å². The lowest BCUT2D eigenvalue weighted by molar-refractivity contribution is -0.121. The fourth-order valence-corrected chi connectivity index (χ4v) is 4.82. The summed E-state index contributed by atoms with van der Waals surface area (Å²) in [5.74, 6) is 0.992. The molecule has 0 saturated carbocycles. The largest absolute Gasteiger partial charge is 0.493 e. The molecule has 2 aliphatic heterocycles. The van der Waals surface area contributed by atoms with Crippen molar-refractivity contribution in [3.8, 4) is 5.75 Å². The lowest BCUT2D eigenvalue weighted by Gasteiger charge is -2.34. The number of likely N-dealkylation sites (N-methyl/N-ethyl adjacent to an activating group) is 1. The molecule has 1 amide bonds. The van der Waals surface area contributed by atoms with Gasteiger partial charge in [-0.2, -0.15) is 0 Å². The minimum absolute atomic E-state index is 0.130. The molecule has 2 N–H and O–H groups in total. The maximum absolute atomic E-state index is 12.7. The highest BCUT2D eigenvalue weighted by molar-refractivity contribution is 6.07. The fraction of sp³-hybridized carbons (Fsp3) is 0.480. The first-order valence-corrected chi connectivity index (χ1v) is 11.0. The SMILES string of the molecule is CCOc1cc2c(cc1CN[C@H]1CCCN[C@H]1c1ccccc1)C(C)(C)C(=O)N2C. The number of carbonyl (C=O) groups excluding carboxylic acids is 1. The number of ether oxygens (including phenoxy) is 1. The Morgan fingerprint density at radius 1 is 1.23 bits per heavy atom. The number of carbonyl (C=O) groups is 1. The van der Waals surface area contributed by atoms with Crippen molar-refractivity contribution >= 4 is 11.6 Å². The molecule has 1 saturated heterocycles. The van der Waals surface area contributed by atoms with Crippen molar-refractivity contribution in [2.75, 3.05) is 25.1 Å². The van der Waals surface area contributed by atoms with Crippen LogP contribution >= 0.6 is 0 Å². The summed E-state index contributed by atoms with van der Waals surface area (Å²) in [6.45, 7) is 8.37. The second-order valence-electron chi connectivity index (χ2n) is 8.87. The van der Waals surface area contributed by atoms with E-state index in [1.165, 1.54) is 5.56 Å². The van der Waals surface area contributed by atoms with Crippen LogP contribution in [0.5, 0.6) is 5.75 Å². The van der Waals surface area contributed by atoms with Crippen LogP contribution in [0.3, 0.4) is 0 Å². The molecule has 0 unspecified atom stereocenters. The van der Waals surface area contributed by atoms with Gasteiger partial charge in [-0.15, -0.1) is 0 Å². The summed E-state index contributed by atoms with van der Waals surface area (Å²) in [7, 11) is 1.85. The van der Waals surface area contributed by atoms with Gasteiger partial charge >= 0.3 is 0 Å². The zero-order chi connectivity index (χ0) is 21.3. The van der Waals surface area contributed by atoms with Crippen molar-refractivity contribution < 1.29 is 9.53 Å². The van der Waals surface area contributed by atoms with E-state index >= 15 is 0 Å². The van der Waals surface area contributed by atoms with Crippen LogP contribution in [0.4, 0.5) is 5.69 Å². The summed E-state index contributed by atoms with van der Waals surface area (Å²) in [4.78, 5) is 14.5. The summed E-state index contributed by atoms with van der Waals surface area (Å²) >= 11 is 0. The number of fused-ring (bicyclic) bond motifs is 1. The van der Waals surface area contributed by atoms with Gasteiger partial charge in [-0.1, -0.05) is 30.3 Å². The molecule has 2 aliphatic rings. The number of hydrogen-bond acceptors (Lipinski definition) is 4. The molecule has 0 bridgehead atoms. The Morgan fingerprint density at radius 3 is 2.73 bits per heavy atom. The molecule has 5 nitrogen and oxygen atoms in total. The number of piperidine rings is 1. The van der Waals surface area contributed by atoms with Crippen LogP contribution in [-0.2, 0) is 16.8 Å². The predicted molar refractivity (Wildman–Crippen MR) is 121 cm³/mol. The molecule has 0 spiro atoms. The van der Waals surface area contributed by atoms with E-state index in [1.807, 2.05) is 33.9 Å². The van der Waals surface area contributed by atoms with Crippen molar-refractivity contribution in [3.63, 3.8) is 0 Å². The van der Waals surface area contributed by atoms with Crippen LogP contribution in [0.25, 0.3) is 0 Å². The van der Waals surface area contributed by atoms with Crippen LogP contribution in [0.1, 0.15) is 56.3 Å². The molecule has 1 fully saturated rings. The zero-order valence-electron chi connectivity index (χ0n) is 18.5. The first-order valence-electron chi connectivity index (χ1n) is 11.0. The van der Waals surface area contributed by atoms with Gasteiger partial charge in [-0.3, -0.25) is 4.79 Å². The average Bonchev–Trinajstić information content (AvgIpc) is 2.93. The third-order valence-electron chi connectivity index (χ3n) is 6.52. The zero-order valence-corrected chi connectivity index (χ0v) is 18.5. The number of amides is 1. The molecule has 160 valence electrons. The Bertz CT molecular complexity index is 910.